The smallest absolute Gasteiger partial charge is 0.308 e. The second kappa shape index (κ2) is 5.67. The number of nitrogens with zero attached hydrogens (tertiary/aromatic N) is 1. The van der Waals surface area contributed by atoms with Crippen molar-refractivity contribution in [1.29, 1.82) is 0 Å². The molecule has 1 aliphatic rings. The van der Waals surface area contributed by atoms with Gasteiger partial charge >= 0.3 is 4.87 Å². The third-order valence-corrected chi connectivity index (χ3v) is 4.34. The SMILES string of the molecule is Cc1sc(=O)n(CC(=O)N[C@H]2CCCNC2)c1C. The summed E-state index contributed by atoms with van der Waals surface area (Å²) in [5, 5.41) is 6.22. The number of carbonyl (C=O) groups excluding carboxylic acids is 1. The molecule has 18 heavy (non-hydrogen) atoms. The van der Waals surface area contributed by atoms with Gasteiger partial charge in [0.2, 0.25) is 5.91 Å². The number of rotatable bonds is 3. The molecule has 2 heterocycles. The van der Waals surface area contributed by atoms with Crippen molar-refractivity contribution >= 4 is 17.2 Å². The van der Waals surface area contributed by atoms with E-state index in [2.05, 4.69) is 10.6 Å². The van der Waals surface area contributed by atoms with Gasteiger partial charge in [-0.15, -0.1) is 0 Å². The van der Waals surface area contributed by atoms with Crippen molar-refractivity contribution in [3.05, 3.63) is 20.2 Å². The quantitative estimate of drug-likeness (QED) is 0.834. The van der Waals surface area contributed by atoms with Crippen molar-refractivity contribution < 1.29 is 4.79 Å². The maximum absolute atomic E-state index is 11.9. The molecule has 1 aliphatic heterocycles. The van der Waals surface area contributed by atoms with E-state index >= 15 is 0 Å². The molecular formula is C12H19N3O2S. The third kappa shape index (κ3) is 3.00. The van der Waals surface area contributed by atoms with Gasteiger partial charge in [0.05, 0.1) is 0 Å². The van der Waals surface area contributed by atoms with Crippen LogP contribution in [0.5, 0.6) is 0 Å². The monoisotopic (exact) mass is 269 g/mol. The number of hydrogen-bond acceptors (Lipinski definition) is 4. The molecule has 0 radical (unpaired) electrons. The Morgan fingerprint density at radius 3 is 2.89 bits per heavy atom. The normalized spacial score (nSPS) is 19.8. The zero-order chi connectivity index (χ0) is 13.1. The van der Waals surface area contributed by atoms with E-state index in [4.69, 9.17) is 0 Å². The van der Waals surface area contributed by atoms with E-state index in [1.54, 1.807) is 4.57 Å². The van der Waals surface area contributed by atoms with Gasteiger partial charge in [0, 0.05) is 23.2 Å². The molecule has 1 atom stereocenters. The average molecular weight is 269 g/mol. The van der Waals surface area contributed by atoms with Crippen LogP contribution in [0, 0.1) is 13.8 Å². The standard InChI is InChI=1S/C12H19N3O2S/c1-8-9(2)18-12(17)15(8)7-11(16)14-10-4-3-5-13-6-10/h10,13H,3-7H2,1-2H3,(H,14,16)/t10-/m0/s1. The summed E-state index contributed by atoms with van der Waals surface area (Å²) >= 11 is 1.20. The van der Waals surface area contributed by atoms with Crippen LogP contribution in [-0.2, 0) is 11.3 Å². The Kier molecular flexibility index (Phi) is 4.19. The Balaban J connectivity index is 1.96. The lowest BCUT2D eigenvalue weighted by Crippen LogP contribution is -2.47. The van der Waals surface area contributed by atoms with E-state index in [-0.39, 0.29) is 23.4 Å². The van der Waals surface area contributed by atoms with Gasteiger partial charge in [-0.1, -0.05) is 11.3 Å². The first-order chi connectivity index (χ1) is 8.58. The summed E-state index contributed by atoms with van der Waals surface area (Å²) in [5.41, 5.74) is 0.891. The molecule has 0 bridgehead atoms. The van der Waals surface area contributed by atoms with E-state index in [0.29, 0.717) is 0 Å². The third-order valence-electron chi connectivity index (χ3n) is 3.34. The Morgan fingerprint density at radius 2 is 2.33 bits per heavy atom. The first-order valence-corrected chi connectivity index (χ1v) is 7.06. The summed E-state index contributed by atoms with van der Waals surface area (Å²) in [6, 6.07) is 0.196. The lowest BCUT2D eigenvalue weighted by Gasteiger charge is -2.23. The van der Waals surface area contributed by atoms with Gasteiger partial charge in [-0.05, 0) is 33.2 Å². The number of nitrogens with one attached hydrogen (secondary N) is 2. The number of thiazole rings is 1. The second-order valence-electron chi connectivity index (χ2n) is 4.71. The Hall–Kier alpha value is -1.14. The topological polar surface area (TPSA) is 63.1 Å². The first kappa shape index (κ1) is 13.3. The Morgan fingerprint density at radius 1 is 1.56 bits per heavy atom. The molecular weight excluding hydrogens is 250 g/mol. The van der Waals surface area contributed by atoms with Crippen LogP contribution in [0.3, 0.4) is 0 Å². The predicted octanol–water partition coefficient (Wildman–Crippen LogP) is 0.395. The number of aromatic nitrogens is 1. The molecule has 1 aromatic rings. The molecule has 2 rings (SSSR count). The molecule has 1 amide bonds. The number of aryl methyl sites for hydroxylation is 1. The van der Waals surface area contributed by atoms with Crippen LogP contribution in [0.4, 0.5) is 0 Å². The van der Waals surface area contributed by atoms with E-state index in [0.717, 1.165) is 36.5 Å². The van der Waals surface area contributed by atoms with Gasteiger partial charge < -0.3 is 10.6 Å². The van der Waals surface area contributed by atoms with Crippen molar-refractivity contribution in [2.75, 3.05) is 13.1 Å². The van der Waals surface area contributed by atoms with Crippen LogP contribution in [0.2, 0.25) is 0 Å². The lowest BCUT2D eigenvalue weighted by molar-refractivity contribution is -0.122. The van der Waals surface area contributed by atoms with Gasteiger partial charge in [0.15, 0.2) is 0 Å². The zero-order valence-corrected chi connectivity index (χ0v) is 11.6. The fourth-order valence-corrected chi connectivity index (χ4v) is 2.99. The highest BCUT2D eigenvalue weighted by Crippen LogP contribution is 2.09. The minimum absolute atomic E-state index is 0.0538. The lowest BCUT2D eigenvalue weighted by atomic mass is 10.1. The number of amides is 1. The molecule has 1 aromatic heterocycles. The molecule has 2 N–H and O–H groups in total. The molecule has 0 aromatic carbocycles. The van der Waals surface area contributed by atoms with E-state index in [9.17, 15) is 9.59 Å². The zero-order valence-electron chi connectivity index (χ0n) is 10.8. The molecule has 6 heteroatoms. The molecule has 0 aliphatic carbocycles. The predicted molar refractivity (Wildman–Crippen MR) is 72.1 cm³/mol. The summed E-state index contributed by atoms with van der Waals surface area (Å²) in [5.74, 6) is -0.0771. The van der Waals surface area contributed by atoms with Crippen LogP contribution >= 0.6 is 11.3 Å². The van der Waals surface area contributed by atoms with Gasteiger partial charge in [-0.2, -0.15) is 0 Å². The second-order valence-corrected chi connectivity index (χ2v) is 5.87. The van der Waals surface area contributed by atoms with Crippen molar-refractivity contribution in [3.8, 4) is 0 Å². The van der Waals surface area contributed by atoms with E-state index in [1.165, 1.54) is 11.3 Å². The average Bonchev–Trinajstić information content (AvgIpc) is 2.57. The number of carbonyl (C=O) groups is 1. The van der Waals surface area contributed by atoms with Crippen molar-refractivity contribution in [3.63, 3.8) is 0 Å². The van der Waals surface area contributed by atoms with Crippen LogP contribution in [0.1, 0.15) is 23.4 Å². The summed E-state index contributed by atoms with van der Waals surface area (Å²) in [4.78, 5) is 24.5. The highest BCUT2D eigenvalue weighted by atomic mass is 32.1. The van der Waals surface area contributed by atoms with Gasteiger partial charge in [-0.25, -0.2) is 0 Å². The molecule has 0 saturated carbocycles. The fraction of sp³-hybridized carbons (Fsp3) is 0.667. The molecule has 0 spiro atoms. The highest BCUT2D eigenvalue weighted by Gasteiger charge is 2.17. The van der Waals surface area contributed by atoms with Crippen LogP contribution in [0.25, 0.3) is 0 Å². The molecule has 1 saturated heterocycles. The summed E-state index contributed by atoms with van der Waals surface area (Å²) in [6.07, 6.45) is 2.09. The van der Waals surface area contributed by atoms with Crippen LogP contribution in [0.15, 0.2) is 4.79 Å². The fourth-order valence-electron chi connectivity index (χ4n) is 2.16. The van der Waals surface area contributed by atoms with Gasteiger partial charge in [-0.3, -0.25) is 14.2 Å². The van der Waals surface area contributed by atoms with Crippen molar-refractivity contribution in [2.45, 2.75) is 39.3 Å². The first-order valence-electron chi connectivity index (χ1n) is 6.25. The number of piperidine rings is 1. The van der Waals surface area contributed by atoms with Crippen molar-refractivity contribution in [2.24, 2.45) is 0 Å². The van der Waals surface area contributed by atoms with Gasteiger partial charge in [0.25, 0.3) is 0 Å². The molecule has 5 nitrogen and oxygen atoms in total. The summed E-state index contributed by atoms with van der Waals surface area (Å²) in [6.45, 7) is 5.76. The maximum Gasteiger partial charge on any atom is 0.308 e. The van der Waals surface area contributed by atoms with E-state index in [1.807, 2.05) is 13.8 Å². The minimum atomic E-state index is -0.0771. The van der Waals surface area contributed by atoms with Crippen LogP contribution < -0.4 is 15.5 Å². The van der Waals surface area contributed by atoms with Crippen LogP contribution in [-0.4, -0.2) is 29.6 Å². The Bertz CT molecular complexity index is 486. The Labute approximate surface area is 110 Å². The molecule has 0 unspecified atom stereocenters. The molecule has 1 fully saturated rings. The van der Waals surface area contributed by atoms with E-state index < -0.39 is 0 Å². The molecule has 100 valence electrons. The summed E-state index contributed by atoms with van der Waals surface area (Å²) < 4.78 is 1.55. The minimum Gasteiger partial charge on any atom is -0.351 e. The van der Waals surface area contributed by atoms with Crippen molar-refractivity contribution in [1.82, 2.24) is 15.2 Å². The highest BCUT2D eigenvalue weighted by molar-refractivity contribution is 7.09. The largest absolute Gasteiger partial charge is 0.351 e. The number of hydrogen-bond donors (Lipinski definition) is 2. The maximum atomic E-state index is 11.9. The summed E-state index contributed by atoms with van der Waals surface area (Å²) in [7, 11) is 0. The van der Waals surface area contributed by atoms with Gasteiger partial charge in [0.1, 0.15) is 6.54 Å².